The van der Waals surface area contributed by atoms with E-state index in [0.717, 1.165) is 21.8 Å². The van der Waals surface area contributed by atoms with E-state index in [9.17, 15) is 10.2 Å². The standard InChI is InChI=1S/C22H19N3O2S2/c26-19-9-8-17(13-20(19)27)14-24-25-18(21-7-4-12-28-21)15-29-22(25)23-11-10-16-5-2-1-3-6-16/h1-9,12-15,26-27H,10-11H2. The van der Waals surface area contributed by atoms with Crippen molar-refractivity contribution < 1.29 is 10.2 Å². The number of aromatic hydroxyl groups is 2. The summed E-state index contributed by atoms with van der Waals surface area (Å²) in [6, 6.07) is 19.0. The van der Waals surface area contributed by atoms with Crippen LogP contribution in [0, 0.1) is 0 Å². The van der Waals surface area contributed by atoms with Crippen molar-refractivity contribution in [1.82, 2.24) is 4.68 Å². The largest absolute Gasteiger partial charge is 0.504 e. The van der Waals surface area contributed by atoms with E-state index < -0.39 is 0 Å². The third-order valence-corrected chi connectivity index (χ3v) is 6.02. The third-order valence-electron chi connectivity index (χ3n) is 4.27. The minimum atomic E-state index is -0.171. The maximum Gasteiger partial charge on any atom is 0.206 e. The molecule has 2 N–H and O–H groups in total. The van der Waals surface area contributed by atoms with E-state index >= 15 is 0 Å². The Hall–Kier alpha value is -3.16. The maximum atomic E-state index is 9.71. The quantitative estimate of drug-likeness (QED) is 0.349. The molecule has 5 nitrogen and oxygen atoms in total. The van der Waals surface area contributed by atoms with Crippen LogP contribution in [-0.4, -0.2) is 27.6 Å². The Kier molecular flexibility index (Phi) is 5.88. The molecule has 0 atom stereocenters. The second-order valence-electron chi connectivity index (χ2n) is 6.30. The van der Waals surface area contributed by atoms with Gasteiger partial charge in [-0.15, -0.1) is 22.7 Å². The molecule has 0 aliphatic rings. The molecule has 4 aromatic rings. The summed E-state index contributed by atoms with van der Waals surface area (Å²) >= 11 is 3.20. The highest BCUT2D eigenvalue weighted by atomic mass is 32.1. The molecule has 0 bridgehead atoms. The van der Waals surface area contributed by atoms with E-state index in [1.54, 1.807) is 35.0 Å². The normalized spacial score (nSPS) is 12.1. The summed E-state index contributed by atoms with van der Waals surface area (Å²) in [7, 11) is 0. The molecule has 2 heterocycles. The van der Waals surface area contributed by atoms with Gasteiger partial charge in [0.05, 0.1) is 16.8 Å². The van der Waals surface area contributed by atoms with Gasteiger partial charge in [0, 0.05) is 11.9 Å². The van der Waals surface area contributed by atoms with Crippen LogP contribution in [0.15, 0.2) is 81.5 Å². The topological polar surface area (TPSA) is 70.1 Å². The van der Waals surface area contributed by atoms with Crippen LogP contribution in [0.2, 0.25) is 0 Å². The molecular weight excluding hydrogens is 402 g/mol. The molecule has 29 heavy (non-hydrogen) atoms. The Morgan fingerprint density at radius 3 is 2.55 bits per heavy atom. The first kappa shape index (κ1) is 19.2. The zero-order valence-electron chi connectivity index (χ0n) is 15.5. The highest BCUT2D eigenvalue weighted by Crippen LogP contribution is 2.26. The molecule has 0 spiro atoms. The number of phenolic OH excluding ortho intramolecular Hbond substituents is 2. The smallest absolute Gasteiger partial charge is 0.206 e. The molecule has 0 aliphatic carbocycles. The Morgan fingerprint density at radius 2 is 1.79 bits per heavy atom. The molecule has 7 heteroatoms. The van der Waals surface area contributed by atoms with E-state index in [1.165, 1.54) is 17.7 Å². The third kappa shape index (κ3) is 4.64. The molecule has 0 radical (unpaired) electrons. The summed E-state index contributed by atoms with van der Waals surface area (Å²) < 4.78 is 1.82. The van der Waals surface area contributed by atoms with E-state index in [0.29, 0.717) is 12.1 Å². The van der Waals surface area contributed by atoms with Gasteiger partial charge in [0.25, 0.3) is 0 Å². The van der Waals surface area contributed by atoms with E-state index in [2.05, 4.69) is 28.7 Å². The van der Waals surface area contributed by atoms with Crippen molar-refractivity contribution in [2.75, 3.05) is 6.54 Å². The van der Waals surface area contributed by atoms with Gasteiger partial charge in [-0.3, -0.25) is 4.99 Å². The number of hydrogen-bond acceptors (Lipinski definition) is 6. The van der Waals surface area contributed by atoms with Crippen LogP contribution in [0.3, 0.4) is 0 Å². The first-order valence-electron chi connectivity index (χ1n) is 9.06. The zero-order valence-corrected chi connectivity index (χ0v) is 17.1. The molecule has 146 valence electrons. The average Bonchev–Trinajstić information content (AvgIpc) is 3.39. The Morgan fingerprint density at radius 1 is 0.931 bits per heavy atom. The summed E-state index contributed by atoms with van der Waals surface area (Å²) in [6.45, 7) is 0.671. The van der Waals surface area contributed by atoms with Gasteiger partial charge in [-0.25, -0.2) is 4.68 Å². The van der Waals surface area contributed by atoms with Crippen molar-refractivity contribution >= 4 is 28.9 Å². The highest BCUT2D eigenvalue weighted by molar-refractivity contribution is 7.14. The molecule has 0 amide bonds. The van der Waals surface area contributed by atoms with Crippen LogP contribution in [-0.2, 0) is 6.42 Å². The Bertz CT molecular complexity index is 1180. The van der Waals surface area contributed by atoms with Gasteiger partial charge in [-0.2, -0.15) is 5.10 Å². The number of hydrogen-bond donors (Lipinski definition) is 2. The van der Waals surface area contributed by atoms with Gasteiger partial charge in [0.2, 0.25) is 4.80 Å². The lowest BCUT2D eigenvalue weighted by atomic mass is 10.2. The number of phenols is 2. The summed E-state index contributed by atoms with van der Waals surface area (Å²) in [5.74, 6) is -0.322. The lowest BCUT2D eigenvalue weighted by Crippen LogP contribution is -2.13. The minimum absolute atomic E-state index is 0.152. The van der Waals surface area contributed by atoms with Crippen molar-refractivity contribution in [1.29, 1.82) is 0 Å². The van der Waals surface area contributed by atoms with Crippen LogP contribution < -0.4 is 4.80 Å². The summed E-state index contributed by atoms with van der Waals surface area (Å²) in [4.78, 5) is 6.68. The zero-order chi connectivity index (χ0) is 20.1. The number of rotatable bonds is 6. The van der Waals surface area contributed by atoms with E-state index in [4.69, 9.17) is 4.99 Å². The van der Waals surface area contributed by atoms with Crippen molar-refractivity contribution in [3.63, 3.8) is 0 Å². The van der Waals surface area contributed by atoms with Gasteiger partial charge >= 0.3 is 0 Å². The number of benzene rings is 2. The fourth-order valence-electron chi connectivity index (χ4n) is 2.78. The van der Waals surface area contributed by atoms with Crippen LogP contribution in [0.25, 0.3) is 10.6 Å². The van der Waals surface area contributed by atoms with Gasteiger partial charge in [-0.05, 0) is 47.2 Å². The van der Waals surface area contributed by atoms with E-state index in [-0.39, 0.29) is 11.5 Å². The fourth-order valence-corrected chi connectivity index (χ4v) is 4.44. The summed E-state index contributed by atoms with van der Waals surface area (Å²) in [5.41, 5.74) is 2.91. The molecule has 0 saturated carbocycles. The predicted molar refractivity (Wildman–Crippen MR) is 119 cm³/mol. The molecule has 2 aromatic heterocycles. The predicted octanol–water partition coefficient (Wildman–Crippen LogP) is 4.71. The van der Waals surface area contributed by atoms with Crippen molar-refractivity contribution in [2.24, 2.45) is 10.1 Å². The number of nitrogens with zero attached hydrogens (tertiary/aromatic N) is 3. The van der Waals surface area contributed by atoms with Crippen molar-refractivity contribution in [3.05, 3.63) is 87.4 Å². The molecule has 0 aliphatic heterocycles. The average molecular weight is 422 g/mol. The van der Waals surface area contributed by atoms with Gasteiger partial charge in [0.15, 0.2) is 11.5 Å². The fraction of sp³-hybridized carbons (Fsp3) is 0.0909. The monoisotopic (exact) mass is 421 g/mol. The van der Waals surface area contributed by atoms with Gasteiger partial charge in [-0.1, -0.05) is 36.4 Å². The first-order chi connectivity index (χ1) is 14.2. The molecular formula is C22H19N3O2S2. The first-order valence-corrected chi connectivity index (χ1v) is 10.8. The molecule has 2 aromatic carbocycles. The molecule has 0 fully saturated rings. The van der Waals surface area contributed by atoms with Crippen LogP contribution in [0.4, 0.5) is 0 Å². The summed E-state index contributed by atoms with van der Waals surface area (Å²) in [6.07, 6.45) is 2.52. The minimum Gasteiger partial charge on any atom is -0.504 e. The van der Waals surface area contributed by atoms with Crippen molar-refractivity contribution in [3.8, 4) is 22.1 Å². The van der Waals surface area contributed by atoms with Crippen LogP contribution in [0.5, 0.6) is 11.5 Å². The highest BCUT2D eigenvalue weighted by Gasteiger charge is 2.08. The lowest BCUT2D eigenvalue weighted by Gasteiger charge is -2.02. The second-order valence-corrected chi connectivity index (χ2v) is 8.09. The summed E-state index contributed by atoms with van der Waals surface area (Å²) in [5, 5.41) is 27.9. The number of thiophene rings is 1. The second kappa shape index (κ2) is 8.89. The van der Waals surface area contributed by atoms with Crippen molar-refractivity contribution in [2.45, 2.75) is 6.42 Å². The molecule has 0 saturated heterocycles. The number of thiazole rings is 1. The van der Waals surface area contributed by atoms with E-state index in [1.807, 2.05) is 34.3 Å². The number of aromatic nitrogens is 1. The van der Waals surface area contributed by atoms with Crippen LogP contribution >= 0.6 is 22.7 Å². The molecule has 4 rings (SSSR count). The maximum absolute atomic E-state index is 9.71. The SMILES string of the molecule is Oc1ccc(C=Nn2c(-c3cccs3)csc2=NCCc2ccccc2)cc1O. The lowest BCUT2D eigenvalue weighted by molar-refractivity contribution is 0.403. The van der Waals surface area contributed by atoms with Gasteiger partial charge in [0.1, 0.15) is 0 Å². The Balaban J connectivity index is 1.65. The van der Waals surface area contributed by atoms with Crippen LogP contribution in [0.1, 0.15) is 11.1 Å². The molecule has 0 unspecified atom stereocenters. The van der Waals surface area contributed by atoms with Gasteiger partial charge < -0.3 is 10.2 Å². The Labute approximate surface area is 176 Å².